The zero-order chi connectivity index (χ0) is 16.9. The highest BCUT2D eigenvalue weighted by atomic mass is 15.1. The van der Waals surface area contributed by atoms with Gasteiger partial charge in [-0.3, -0.25) is 0 Å². The van der Waals surface area contributed by atoms with Gasteiger partial charge in [0.25, 0.3) is 0 Å². The van der Waals surface area contributed by atoms with Crippen LogP contribution in [0.25, 0.3) is 11.0 Å². The maximum Gasteiger partial charge on any atom is 0.110 e. The van der Waals surface area contributed by atoms with E-state index in [0.717, 1.165) is 12.1 Å². The molecular weight excluding hydrogens is 296 g/mol. The molecule has 1 aliphatic rings. The molecule has 0 bridgehead atoms. The Bertz CT molecular complexity index is 653. The lowest BCUT2D eigenvalue weighted by Crippen LogP contribution is -2.12. The Balaban J connectivity index is 1.85. The van der Waals surface area contributed by atoms with Crippen LogP contribution in [0.1, 0.15) is 70.0 Å². The quantitative estimate of drug-likeness (QED) is 0.680. The summed E-state index contributed by atoms with van der Waals surface area (Å²) in [4.78, 5) is 10.7. The van der Waals surface area contributed by atoms with E-state index in [2.05, 4.69) is 48.4 Å². The van der Waals surface area contributed by atoms with Crippen molar-refractivity contribution in [2.45, 2.75) is 64.2 Å². The number of benzene rings is 1. The fourth-order valence-electron chi connectivity index (χ4n) is 3.74. The zero-order valence-corrected chi connectivity index (χ0v) is 15.5. The van der Waals surface area contributed by atoms with Crippen molar-refractivity contribution in [1.82, 2.24) is 9.97 Å². The van der Waals surface area contributed by atoms with Crippen molar-refractivity contribution >= 4 is 22.4 Å². The van der Waals surface area contributed by atoms with Crippen molar-refractivity contribution in [2.24, 2.45) is 0 Å². The van der Waals surface area contributed by atoms with Crippen molar-refractivity contribution < 1.29 is 0 Å². The van der Waals surface area contributed by atoms with E-state index in [-0.39, 0.29) is 0 Å². The highest BCUT2D eigenvalue weighted by molar-refractivity contribution is 5.88. The molecule has 0 atom stereocenters. The monoisotopic (exact) mass is 328 g/mol. The van der Waals surface area contributed by atoms with Crippen LogP contribution in [0.5, 0.6) is 0 Å². The average Bonchev–Trinajstić information content (AvgIpc) is 3.01. The minimum Gasteiger partial charge on any atom is -0.383 e. The van der Waals surface area contributed by atoms with Crippen molar-refractivity contribution in [2.75, 3.05) is 30.9 Å². The first-order valence-corrected chi connectivity index (χ1v) is 9.64. The number of nitrogens with one attached hydrogen (secondary N) is 2. The van der Waals surface area contributed by atoms with E-state index in [0.29, 0.717) is 5.92 Å². The molecule has 0 saturated heterocycles. The zero-order valence-electron chi connectivity index (χ0n) is 15.5. The molecule has 4 heteroatoms. The number of unbranched alkanes of at least 4 members (excludes halogenated alkanes) is 2. The number of H-pyrrole nitrogens is 1. The number of imidazole rings is 1. The largest absolute Gasteiger partial charge is 0.383 e. The predicted octanol–water partition coefficient (Wildman–Crippen LogP) is 5.28. The third-order valence-electron chi connectivity index (χ3n) is 5.19. The van der Waals surface area contributed by atoms with Crippen LogP contribution < -0.4 is 10.2 Å². The van der Waals surface area contributed by atoms with Gasteiger partial charge >= 0.3 is 0 Å². The van der Waals surface area contributed by atoms with Crippen molar-refractivity contribution in [3.63, 3.8) is 0 Å². The van der Waals surface area contributed by atoms with Crippen LogP contribution in [-0.2, 0) is 0 Å². The van der Waals surface area contributed by atoms with Crippen LogP contribution >= 0.6 is 0 Å². The molecular formula is C20H32N4. The molecule has 24 heavy (non-hydrogen) atoms. The fourth-order valence-corrected chi connectivity index (χ4v) is 3.74. The molecule has 1 saturated carbocycles. The topological polar surface area (TPSA) is 44.0 Å². The van der Waals surface area contributed by atoms with Gasteiger partial charge in [-0.2, -0.15) is 0 Å². The molecule has 1 aromatic heterocycles. The number of fused-ring (bicyclic) bond motifs is 1. The van der Waals surface area contributed by atoms with Gasteiger partial charge in [-0.15, -0.1) is 0 Å². The summed E-state index contributed by atoms with van der Waals surface area (Å²) in [5.41, 5.74) is 4.70. The van der Waals surface area contributed by atoms with Gasteiger partial charge in [0.05, 0.1) is 22.4 Å². The van der Waals surface area contributed by atoms with Crippen LogP contribution in [0, 0.1) is 0 Å². The van der Waals surface area contributed by atoms with Gasteiger partial charge in [-0.1, -0.05) is 39.0 Å². The summed E-state index contributed by atoms with van der Waals surface area (Å²) in [6, 6.07) is 4.47. The molecule has 4 nitrogen and oxygen atoms in total. The summed E-state index contributed by atoms with van der Waals surface area (Å²) in [5.74, 6) is 1.81. The summed E-state index contributed by atoms with van der Waals surface area (Å²) < 4.78 is 0. The Morgan fingerprint density at radius 2 is 1.96 bits per heavy atom. The van der Waals surface area contributed by atoms with Crippen LogP contribution in [0.2, 0.25) is 0 Å². The normalized spacial score (nSPS) is 15.8. The minimum atomic E-state index is 0.620. The highest BCUT2D eigenvalue weighted by Crippen LogP contribution is 2.34. The average molecular weight is 329 g/mol. The maximum atomic E-state index is 4.93. The van der Waals surface area contributed by atoms with Crippen molar-refractivity contribution in [3.8, 4) is 0 Å². The second kappa shape index (κ2) is 7.91. The third-order valence-corrected chi connectivity index (χ3v) is 5.19. The second-order valence-electron chi connectivity index (χ2n) is 7.37. The summed E-state index contributed by atoms with van der Waals surface area (Å²) in [5, 5.41) is 3.61. The van der Waals surface area contributed by atoms with Gasteiger partial charge < -0.3 is 15.2 Å². The minimum absolute atomic E-state index is 0.620. The molecule has 1 fully saturated rings. The first kappa shape index (κ1) is 17.1. The lowest BCUT2D eigenvalue weighted by Gasteiger charge is -2.19. The summed E-state index contributed by atoms with van der Waals surface area (Å²) >= 11 is 0. The van der Waals surface area contributed by atoms with Gasteiger partial charge in [-0.05, 0) is 31.4 Å². The lowest BCUT2D eigenvalue weighted by molar-refractivity contribution is 0.431. The first-order valence-electron chi connectivity index (χ1n) is 9.64. The van der Waals surface area contributed by atoms with Crippen molar-refractivity contribution in [3.05, 3.63) is 18.0 Å². The molecule has 0 amide bonds. The SMILES string of the molecule is CCCCCNc1cc2nc(C3CCCCC3)[nH]c2cc1N(C)C. The summed E-state index contributed by atoms with van der Waals surface area (Å²) in [7, 11) is 4.22. The van der Waals surface area contributed by atoms with Gasteiger partial charge in [0, 0.05) is 26.6 Å². The lowest BCUT2D eigenvalue weighted by atomic mass is 9.89. The maximum absolute atomic E-state index is 4.93. The van der Waals surface area contributed by atoms with E-state index in [1.165, 1.54) is 74.1 Å². The molecule has 2 N–H and O–H groups in total. The van der Waals surface area contributed by atoms with E-state index in [4.69, 9.17) is 4.98 Å². The number of rotatable bonds is 7. The van der Waals surface area contributed by atoms with Crippen molar-refractivity contribution in [1.29, 1.82) is 0 Å². The molecule has 1 aliphatic carbocycles. The van der Waals surface area contributed by atoms with Gasteiger partial charge in [0.1, 0.15) is 5.82 Å². The molecule has 1 heterocycles. The second-order valence-corrected chi connectivity index (χ2v) is 7.37. The van der Waals surface area contributed by atoms with Crippen LogP contribution in [-0.4, -0.2) is 30.6 Å². The number of aromatic nitrogens is 2. The molecule has 1 aromatic carbocycles. The first-order chi connectivity index (χ1) is 11.7. The Morgan fingerprint density at radius 1 is 1.17 bits per heavy atom. The standard InChI is InChI=1S/C20H32N4/c1-4-5-9-12-21-18-13-16-17(14-19(18)24(2)3)23-20(22-16)15-10-7-6-8-11-15/h13-15,21H,4-12H2,1-3H3,(H,22,23). The van der Waals surface area contributed by atoms with Gasteiger partial charge in [0.15, 0.2) is 0 Å². The van der Waals surface area contributed by atoms with E-state index < -0.39 is 0 Å². The fraction of sp³-hybridized carbons (Fsp3) is 0.650. The van der Waals surface area contributed by atoms with Gasteiger partial charge in [0.2, 0.25) is 0 Å². The highest BCUT2D eigenvalue weighted by Gasteiger charge is 2.19. The van der Waals surface area contributed by atoms with E-state index in [9.17, 15) is 0 Å². The number of nitrogens with zero attached hydrogens (tertiary/aromatic N) is 2. The third kappa shape index (κ3) is 3.85. The molecule has 132 valence electrons. The molecule has 2 aromatic rings. The van der Waals surface area contributed by atoms with E-state index >= 15 is 0 Å². The summed E-state index contributed by atoms with van der Waals surface area (Å²) in [6.45, 7) is 3.27. The van der Waals surface area contributed by atoms with Crippen LogP contribution in [0.15, 0.2) is 12.1 Å². The molecule has 3 rings (SSSR count). The van der Waals surface area contributed by atoms with Crippen LogP contribution in [0.3, 0.4) is 0 Å². The Labute approximate surface area is 146 Å². The Kier molecular flexibility index (Phi) is 5.64. The smallest absolute Gasteiger partial charge is 0.110 e. The molecule has 0 radical (unpaired) electrons. The molecule has 0 unspecified atom stereocenters. The van der Waals surface area contributed by atoms with Gasteiger partial charge in [-0.25, -0.2) is 4.98 Å². The molecule has 0 aliphatic heterocycles. The number of aromatic amines is 1. The Hall–Kier alpha value is -1.71. The summed E-state index contributed by atoms with van der Waals surface area (Å²) in [6.07, 6.45) is 10.4. The molecule has 0 spiro atoms. The number of hydrogen-bond donors (Lipinski definition) is 2. The van der Waals surface area contributed by atoms with E-state index in [1.54, 1.807) is 0 Å². The number of anilines is 2. The van der Waals surface area contributed by atoms with E-state index in [1.807, 2.05) is 0 Å². The van der Waals surface area contributed by atoms with Crippen LogP contribution in [0.4, 0.5) is 11.4 Å². The number of hydrogen-bond acceptors (Lipinski definition) is 3. The Morgan fingerprint density at radius 3 is 2.67 bits per heavy atom. The predicted molar refractivity (Wildman–Crippen MR) is 104 cm³/mol.